The van der Waals surface area contributed by atoms with E-state index in [1.54, 1.807) is 28.9 Å². The molecule has 1 unspecified atom stereocenters. The van der Waals surface area contributed by atoms with Crippen LogP contribution in [0.25, 0.3) is 0 Å². The highest BCUT2D eigenvalue weighted by Gasteiger charge is 2.27. The quantitative estimate of drug-likeness (QED) is 0.756. The summed E-state index contributed by atoms with van der Waals surface area (Å²) in [7, 11) is 0. The van der Waals surface area contributed by atoms with Crippen LogP contribution in [0.5, 0.6) is 0 Å². The molecule has 0 spiro atoms. The van der Waals surface area contributed by atoms with Crippen LogP contribution in [-0.2, 0) is 6.54 Å². The van der Waals surface area contributed by atoms with Crippen molar-refractivity contribution in [3.63, 3.8) is 0 Å². The summed E-state index contributed by atoms with van der Waals surface area (Å²) in [5, 5.41) is 9.32. The predicted octanol–water partition coefficient (Wildman–Crippen LogP) is 4.08. The van der Waals surface area contributed by atoms with Gasteiger partial charge in [-0.05, 0) is 31.5 Å². The molecule has 5 nitrogen and oxygen atoms in total. The largest absolute Gasteiger partial charge is 0.316 e. The van der Waals surface area contributed by atoms with Crippen molar-refractivity contribution in [1.29, 1.82) is 0 Å². The molecule has 1 aliphatic heterocycles. The van der Waals surface area contributed by atoms with Gasteiger partial charge in [0.25, 0.3) is 0 Å². The Kier molecular flexibility index (Phi) is 4.32. The average Bonchev–Trinajstić information content (AvgIpc) is 3.30. The number of hydrogen-bond acceptors (Lipinski definition) is 7. The summed E-state index contributed by atoms with van der Waals surface area (Å²) in [6.45, 7) is 2.02. The molecular weight excluding hydrogens is 326 g/mol. The third-order valence-corrected chi connectivity index (χ3v) is 5.42. The summed E-state index contributed by atoms with van der Waals surface area (Å²) in [5.74, 6) is 0.860. The Morgan fingerprint density at radius 3 is 2.91 bits per heavy atom. The normalized spacial score (nSPS) is 18.3. The molecule has 118 valence electrons. The van der Waals surface area contributed by atoms with E-state index in [1.807, 2.05) is 23.0 Å². The van der Waals surface area contributed by atoms with Gasteiger partial charge in [-0.3, -0.25) is 4.90 Å². The van der Waals surface area contributed by atoms with Crippen LogP contribution < -0.4 is 5.32 Å². The highest BCUT2D eigenvalue weighted by atomic mass is 32.1. The number of nitrogens with zero attached hydrogens (tertiary/aromatic N) is 4. The predicted molar refractivity (Wildman–Crippen MR) is 94.1 cm³/mol. The lowest BCUT2D eigenvalue weighted by atomic mass is 10.1. The summed E-state index contributed by atoms with van der Waals surface area (Å²) < 4.78 is 0. The van der Waals surface area contributed by atoms with Crippen molar-refractivity contribution in [3.05, 3.63) is 52.1 Å². The van der Waals surface area contributed by atoms with Crippen LogP contribution in [-0.4, -0.2) is 26.4 Å². The Labute approximate surface area is 143 Å². The molecule has 1 aliphatic rings. The van der Waals surface area contributed by atoms with Crippen molar-refractivity contribution >= 4 is 33.6 Å². The lowest BCUT2D eigenvalue weighted by Gasteiger charge is -2.23. The number of anilines is 2. The molecule has 1 atom stereocenters. The topological polar surface area (TPSA) is 53.9 Å². The molecule has 4 heterocycles. The van der Waals surface area contributed by atoms with Gasteiger partial charge in [-0.15, -0.1) is 22.7 Å². The number of hydrogen-bond donors (Lipinski definition) is 1. The van der Waals surface area contributed by atoms with Crippen LogP contribution in [0.2, 0.25) is 0 Å². The highest BCUT2D eigenvalue weighted by molar-refractivity contribution is 7.13. The van der Waals surface area contributed by atoms with E-state index in [2.05, 4.69) is 32.3 Å². The lowest BCUT2D eigenvalue weighted by molar-refractivity contribution is 0.244. The van der Waals surface area contributed by atoms with E-state index in [0.717, 1.165) is 36.2 Å². The van der Waals surface area contributed by atoms with Gasteiger partial charge >= 0.3 is 0 Å². The van der Waals surface area contributed by atoms with Crippen molar-refractivity contribution in [3.8, 4) is 0 Å². The summed E-state index contributed by atoms with van der Waals surface area (Å²) in [4.78, 5) is 16.0. The molecule has 0 aromatic carbocycles. The summed E-state index contributed by atoms with van der Waals surface area (Å²) in [6, 6.07) is 6.55. The van der Waals surface area contributed by atoms with Crippen molar-refractivity contribution in [2.45, 2.75) is 25.4 Å². The van der Waals surface area contributed by atoms with Gasteiger partial charge in [-0.25, -0.2) is 15.0 Å². The van der Waals surface area contributed by atoms with Gasteiger partial charge in [-0.1, -0.05) is 6.07 Å². The number of nitrogens with one attached hydrogen (secondary N) is 1. The van der Waals surface area contributed by atoms with Crippen LogP contribution in [0.3, 0.4) is 0 Å². The zero-order chi connectivity index (χ0) is 15.5. The van der Waals surface area contributed by atoms with Gasteiger partial charge in [-0.2, -0.15) is 0 Å². The Morgan fingerprint density at radius 1 is 1.17 bits per heavy atom. The Bertz CT molecular complexity index is 742. The number of rotatable bonds is 5. The fraction of sp³-hybridized carbons (Fsp3) is 0.312. The molecule has 1 N–H and O–H groups in total. The molecule has 4 rings (SSSR count). The van der Waals surface area contributed by atoms with Gasteiger partial charge in [0, 0.05) is 23.2 Å². The Morgan fingerprint density at radius 2 is 2.09 bits per heavy atom. The molecule has 1 saturated heterocycles. The minimum absolute atomic E-state index is 0.372. The van der Waals surface area contributed by atoms with Crippen LogP contribution in [0, 0.1) is 0 Å². The summed E-state index contributed by atoms with van der Waals surface area (Å²) >= 11 is 3.30. The maximum atomic E-state index is 4.81. The lowest BCUT2D eigenvalue weighted by Crippen LogP contribution is -2.23. The Hall–Kier alpha value is -1.83. The Balaban J connectivity index is 1.52. The van der Waals surface area contributed by atoms with Gasteiger partial charge in [0.1, 0.15) is 10.8 Å². The fourth-order valence-electron chi connectivity index (χ4n) is 2.96. The van der Waals surface area contributed by atoms with E-state index >= 15 is 0 Å². The smallest absolute Gasteiger partial charge is 0.188 e. The maximum absolute atomic E-state index is 4.81. The number of likely N-dealkylation sites (tertiary alicyclic amines) is 1. The maximum Gasteiger partial charge on any atom is 0.188 e. The molecular formula is C16H17N5S2. The average molecular weight is 343 g/mol. The second-order valence-corrected chi connectivity index (χ2v) is 7.34. The molecule has 0 bridgehead atoms. The molecule has 23 heavy (non-hydrogen) atoms. The van der Waals surface area contributed by atoms with Crippen molar-refractivity contribution in [2.24, 2.45) is 0 Å². The number of thiazole rings is 2. The van der Waals surface area contributed by atoms with Crippen molar-refractivity contribution < 1.29 is 0 Å². The first-order valence-electron chi connectivity index (χ1n) is 7.64. The SMILES string of the molecule is c1cc(Nc2nccs2)nc(C2CCCN2Cc2nccs2)c1. The van der Waals surface area contributed by atoms with Crippen molar-refractivity contribution in [1.82, 2.24) is 19.9 Å². The molecule has 7 heteroatoms. The van der Waals surface area contributed by atoms with Crippen LogP contribution in [0.15, 0.2) is 41.4 Å². The molecule has 0 radical (unpaired) electrons. The van der Waals surface area contributed by atoms with E-state index < -0.39 is 0 Å². The van der Waals surface area contributed by atoms with Crippen LogP contribution in [0.4, 0.5) is 10.9 Å². The van der Waals surface area contributed by atoms with E-state index in [4.69, 9.17) is 4.98 Å². The molecule has 1 fully saturated rings. The fourth-order valence-corrected chi connectivity index (χ4v) is 4.13. The van der Waals surface area contributed by atoms with Gasteiger partial charge in [0.05, 0.1) is 18.3 Å². The standard InChI is InChI=1S/C16H17N5S2/c1-3-12(19-14(5-1)20-16-18-7-10-23-16)13-4-2-8-21(13)11-15-17-6-9-22-15/h1,3,5-7,9-10,13H,2,4,8,11H2,(H,18,19,20). The first kappa shape index (κ1) is 14.7. The van der Waals surface area contributed by atoms with E-state index in [-0.39, 0.29) is 0 Å². The third kappa shape index (κ3) is 3.41. The number of aromatic nitrogens is 3. The van der Waals surface area contributed by atoms with Crippen LogP contribution in [0.1, 0.15) is 29.6 Å². The summed E-state index contributed by atoms with van der Waals surface area (Å²) in [5.41, 5.74) is 1.13. The van der Waals surface area contributed by atoms with E-state index in [1.165, 1.54) is 11.4 Å². The van der Waals surface area contributed by atoms with Gasteiger partial charge in [0.2, 0.25) is 0 Å². The van der Waals surface area contributed by atoms with E-state index in [0.29, 0.717) is 6.04 Å². The first-order chi connectivity index (χ1) is 11.4. The zero-order valence-electron chi connectivity index (χ0n) is 12.6. The molecule has 0 amide bonds. The van der Waals surface area contributed by atoms with Gasteiger partial charge in [0.15, 0.2) is 5.13 Å². The molecule has 3 aromatic rings. The van der Waals surface area contributed by atoms with Crippen molar-refractivity contribution in [2.75, 3.05) is 11.9 Å². The minimum atomic E-state index is 0.372. The molecule has 0 aliphatic carbocycles. The second-order valence-electron chi connectivity index (χ2n) is 5.46. The zero-order valence-corrected chi connectivity index (χ0v) is 14.2. The van der Waals surface area contributed by atoms with Crippen LogP contribution >= 0.6 is 22.7 Å². The molecule has 3 aromatic heterocycles. The highest BCUT2D eigenvalue weighted by Crippen LogP contribution is 2.33. The molecule has 0 saturated carbocycles. The van der Waals surface area contributed by atoms with E-state index in [9.17, 15) is 0 Å². The minimum Gasteiger partial charge on any atom is -0.316 e. The third-order valence-electron chi connectivity index (χ3n) is 3.96. The van der Waals surface area contributed by atoms with Gasteiger partial charge < -0.3 is 5.32 Å². The monoisotopic (exact) mass is 343 g/mol. The number of pyridine rings is 1. The second kappa shape index (κ2) is 6.74. The summed E-state index contributed by atoms with van der Waals surface area (Å²) in [6.07, 6.45) is 6.03. The first-order valence-corrected chi connectivity index (χ1v) is 9.40.